The molecule has 1 rings (SSSR count). The number of phosphoric acid groups is 1. The van der Waals surface area contributed by atoms with E-state index < -0.39 is 7.82 Å². The summed E-state index contributed by atoms with van der Waals surface area (Å²) in [6.07, 6.45) is 0. The average Bonchev–Trinajstić information content (AvgIpc) is 2.17. The van der Waals surface area contributed by atoms with Gasteiger partial charge in [-0.25, -0.2) is 9.82 Å². The Hall–Kier alpha value is -0.710. The van der Waals surface area contributed by atoms with E-state index in [4.69, 9.17) is 10.2 Å². The predicted octanol–water partition coefficient (Wildman–Crippen LogP) is 1.79. The highest BCUT2D eigenvalue weighted by atomic mass is 31.2. The summed E-state index contributed by atoms with van der Waals surface area (Å²) in [5.74, 6) is 0. The second-order valence-electron chi connectivity index (χ2n) is 2.31. The van der Waals surface area contributed by atoms with Crippen molar-refractivity contribution in [2.45, 2.75) is 6.61 Å². The fourth-order valence-corrected chi connectivity index (χ4v) is 1.11. The van der Waals surface area contributed by atoms with Crippen LogP contribution in [0, 0.1) is 0 Å². The zero-order valence-corrected chi connectivity index (χ0v) is 7.55. The molecular weight excluding hydrogens is 195 g/mol. The van der Waals surface area contributed by atoms with Crippen LogP contribution in [0.2, 0.25) is 0 Å². The Balaban J connectivity index is 2.49. The lowest BCUT2D eigenvalue weighted by molar-refractivity contribution is -0.163. The molecule has 0 saturated carbocycles. The molecule has 2 N–H and O–H groups in total. The number of phosphoric ester groups is 1. The molecule has 1 unspecified atom stereocenters. The summed E-state index contributed by atoms with van der Waals surface area (Å²) in [7, 11) is -4.28. The summed E-state index contributed by atoms with van der Waals surface area (Å²) < 4.78 is 18.3. The predicted molar refractivity (Wildman–Crippen MR) is 44.8 cm³/mol. The topological polar surface area (TPSA) is 76.0 Å². The molecule has 0 aliphatic rings. The molecule has 0 aliphatic heterocycles. The monoisotopic (exact) mass is 204 g/mol. The first kappa shape index (κ1) is 10.4. The van der Waals surface area contributed by atoms with E-state index in [0.29, 0.717) is 5.56 Å². The van der Waals surface area contributed by atoms with Gasteiger partial charge >= 0.3 is 7.82 Å². The van der Waals surface area contributed by atoms with Crippen LogP contribution in [0.15, 0.2) is 30.3 Å². The molecule has 0 aliphatic carbocycles. The Kier molecular flexibility index (Phi) is 3.59. The molecular formula is C7H9O5P. The van der Waals surface area contributed by atoms with Crippen molar-refractivity contribution in [2.75, 3.05) is 0 Å². The second-order valence-corrected chi connectivity index (χ2v) is 3.67. The first-order valence-corrected chi connectivity index (χ1v) is 4.98. The molecule has 72 valence electrons. The highest BCUT2D eigenvalue weighted by Gasteiger charge is 2.20. The Morgan fingerprint density at radius 2 is 1.92 bits per heavy atom. The molecule has 0 spiro atoms. The number of benzene rings is 1. The number of rotatable bonds is 4. The minimum absolute atomic E-state index is 0.0881. The zero-order valence-electron chi connectivity index (χ0n) is 6.66. The molecule has 0 saturated heterocycles. The standard InChI is InChI=1S/C7H9O5P/c8-12-13(9,10)11-6-7-4-2-1-3-5-7/h1-5,8H,6H2,(H,9,10). The van der Waals surface area contributed by atoms with Gasteiger partial charge in [0, 0.05) is 0 Å². The van der Waals surface area contributed by atoms with Crippen LogP contribution in [0.1, 0.15) is 5.56 Å². The van der Waals surface area contributed by atoms with E-state index in [2.05, 4.69) is 9.20 Å². The fraction of sp³-hybridized carbons (Fsp3) is 0.143. The first-order valence-electron chi connectivity index (χ1n) is 3.48. The van der Waals surface area contributed by atoms with Gasteiger partial charge in [0.2, 0.25) is 0 Å². The molecule has 1 atom stereocenters. The van der Waals surface area contributed by atoms with E-state index in [9.17, 15) is 4.57 Å². The molecule has 0 amide bonds. The average molecular weight is 204 g/mol. The molecule has 0 aromatic heterocycles. The molecule has 1 aromatic carbocycles. The molecule has 5 nitrogen and oxygen atoms in total. The Labute approximate surface area is 75.1 Å². The summed E-state index contributed by atoms with van der Waals surface area (Å²) in [5.41, 5.74) is 0.717. The van der Waals surface area contributed by atoms with Crippen LogP contribution in [-0.2, 0) is 20.4 Å². The van der Waals surface area contributed by atoms with Gasteiger partial charge in [0.05, 0.1) is 6.61 Å². The van der Waals surface area contributed by atoms with Gasteiger partial charge in [0.25, 0.3) is 0 Å². The highest BCUT2D eigenvalue weighted by molar-refractivity contribution is 7.47. The lowest BCUT2D eigenvalue weighted by atomic mass is 10.2. The SMILES string of the molecule is O=P(O)(OO)OCc1ccccc1. The highest BCUT2D eigenvalue weighted by Crippen LogP contribution is 2.42. The van der Waals surface area contributed by atoms with Crippen LogP contribution in [-0.4, -0.2) is 10.2 Å². The van der Waals surface area contributed by atoms with Crippen molar-refractivity contribution in [2.24, 2.45) is 0 Å². The van der Waals surface area contributed by atoms with Crippen molar-refractivity contribution in [3.05, 3.63) is 35.9 Å². The van der Waals surface area contributed by atoms with Crippen molar-refractivity contribution in [3.63, 3.8) is 0 Å². The Morgan fingerprint density at radius 3 is 2.46 bits per heavy atom. The van der Waals surface area contributed by atoms with Gasteiger partial charge in [0.1, 0.15) is 0 Å². The van der Waals surface area contributed by atoms with Gasteiger partial charge in [-0.05, 0) is 5.56 Å². The van der Waals surface area contributed by atoms with Crippen LogP contribution in [0.25, 0.3) is 0 Å². The lowest BCUT2D eigenvalue weighted by Crippen LogP contribution is -1.92. The van der Waals surface area contributed by atoms with Crippen molar-refractivity contribution in [1.29, 1.82) is 0 Å². The molecule has 0 bridgehead atoms. The third-order valence-electron chi connectivity index (χ3n) is 1.34. The van der Waals surface area contributed by atoms with Gasteiger partial charge in [0.15, 0.2) is 0 Å². The molecule has 13 heavy (non-hydrogen) atoms. The van der Waals surface area contributed by atoms with Gasteiger partial charge in [-0.15, -0.1) is 4.67 Å². The van der Waals surface area contributed by atoms with Gasteiger partial charge < -0.3 is 4.89 Å². The van der Waals surface area contributed by atoms with Gasteiger partial charge in [-0.3, -0.25) is 4.52 Å². The second kappa shape index (κ2) is 4.50. The molecule has 1 aromatic rings. The van der Waals surface area contributed by atoms with Crippen molar-refractivity contribution >= 4 is 7.82 Å². The first-order chi connectivity index (χ1) is 6.14. The Morgan fingerprint density at radius 1 is 1.31 bits per heavy atom. The van der Waals surface area contributed by atoms with E-state index in [1.54, 1.807) is 24.3 Å². The maximum absolute atomic E-state index is 10.6. The van der Waals surface area contributed by atoms with E-state index in [-0.39, 0.29) is 6.61 Å². The Bertz CT molecular complexity index is 299. The van der Waals surface area contributed by atoms with Crippen LogP contribution in [0.4, 0.5) is 0 Å². The van der Waals surface area contributed by atoms with Crippen LogP contribution >= 0.6 is 7.82 Å². The van der Waals surface area contributed by atoms with Crippen molar-refractivity contribution in [1.82, 2.24) is 0 Å². The minimum Gasteiger partial charge on any atom is -0.301 e. The van der Waals surface area contributed by atoms with E-state index in [1.165, 1.54) is 0 Å². The van der Waals surface area contributed by atoms with E-state index in [0.717, 1.165) is 0 Å². The summed E-state index contributed by atoms with van der Waals surface area (Å²) in [4.78, 5) is 8.65. The largest absolute Gasteiger partial charge is 0.499 e. The van der Waals surface area contributed by atoms with Crippen molar-refractivity contribution in [3.8, 4) is 0 Å². The summed E-state index contributed by atoms with van der Waals surface area (Å²) >= 11 is 0. The van der Waals surface area contributed by atoms with Crippen LogP contribution in [0.5, 0.6) is 0 Å². The van der Waals surface area contributed by atoms with Crippen molar-refractivity contribution < 1.29 is 23.9 Å². The summed E-state index contributed by atoms with van der Waals surface area (Å²) in [6, 6.07) is 8.78. The molecule has 0 heterocycles. The number of hydrogen-bond acceptors (Lipinski definition) is 4. The zero-order chi connectivity index (χ0) is 9.73. The normalized spacial score (nSPS) is 15.2. The smallest absolute Gasteiger partial charge is 0.301 e. The maximum Gasteiger partial charge on any atom is 0.499 e. The quantitative estimate of drug-likeness (QED) is 0.444. The van der Waals surface area contributed by atoms with Crippen LogP contribution in [0.3, 0.4) is 0 Å². The lowest BCUT2D eigenvalue weighted by Gasteiger charge is -2.06. The van der Waals surface area contributed by atoms with Gasteiger partial charge in [-0.1, -0.05) is 30.3 Å². The van der Waals surface area contributed by atoms with E-state index in [1.807, 2.05) is 6.07 Å². The maximum atomic E-state index is 10.6. The molecule has 6 heteroatoms. The number of hydrogen-bond donors (Lipinski definition) is 2. The summed E-state index contributed by atoms with van der Waals surface area (Å²) in [6.45, 7) is -0.0881. The fourth-order valence-electron chi connectivity index (χ4n) is 0.754. The third-order valence-corrected chi connectivity index (χ3v) is 2.00. The summed E-state index contributed by atoms with van der Waals surface area (Å²) in [5, 5.41) is 7.93. The van der Waals surface area contributed by atoms with Gasteiger partial charge in [-0.2, -0.15) is 0 Å². The minimum atomic E-state index is -4.28. The third kappa shape index (κ3) is 3.67. The molecule has 0 radical (unpaired) electrons. The van der Waals surface area contributed by atoms with Crippen LogP contribution < -0.4 is 0 Å². The van der Waals surface area contributed by atoms with E-state index >= 15 is 0 Å². The molecule has 0 fully saturated rings.